The number of furan rings is 1. The molecule has 30 heavy (non-hydrogen) atoms. The van der Waals surface area contributed by atoms with Gasteiger partial charge in [-0.3, -0.25) is 9.78 Å². The van der Waals surface area contributed by atoms with Crippen LogP contribution in [0.5, 0.6) is 0 Å². The molecule has 0 aliphatic carbocycles. The Bertz CT molecular complexity index is 1020. The van der Waals surface area contributed by atoms with Crippen molar-refractivity contribution in [3.05, 3.63) is 54.0 Å². The van der Waals surface area contributed by atoms with Crippen molar-refractivity contribution in [2.75, 3.05) is 45.9 Å². The molecule has 2 aliphatic rings. The van der Waals surface area contributed by atoms with Crippen molar-refractivity contribution in [3.8, 4) is 11.1 Å². The zero-order chi connectivity index (χ0) is 20.3. The number of hydrogen-bond donors (Lipinski definition) is 0. The number of ether oxygens (including phenoxy) is 1. The molecule has 2 aromatic heterocycles. The summed E-state index contributed by atoms with van der Waals surface area (Å²) in [6.07, 6.45) is 5.36. The highest BCUT2D eigenvalue weighted by Crippen LogP contribution is 2.27. The van der Waals surface area contributed by atoms with Crippen molar-refractivity contribution in [1.29, 1.82) is 0 Å². The fraction of sp³-hybridized carbons (Fsp3) is 0.417. The van der Waals surface area contributed by atoms with Gasteiger partial charge in [-0.15, -0.1) is 0 Å². The summed E-state index contributed by atoms with van der Waals surface area (Å²) >= 11 is 0. The molecule has 0 radical (unpaired) electrons. The van der Waals surface area contributed by atoms with Crippen LogP contribution in [0.3, 0.4) is 0 Å². The number of amides is 1. The molecule has 4 heterocycles. The van der Waals surface area contributed by atoms with Crippen molar-refractivity contribution in [3.63, 3.8) is 0 Å². The Balaban J connectivity index is 1.29. The summed E-state index contributed by atoms with van der Waals surface area (Å²) in [6, 6.07) is 12.1. The van der Waals surface area contributed by atoms with Gasteiger partial charge in [0.05, 0.1) is 13.2 Å². The molecule has 1 amide bonds. The van der Waals surface area contributed by atoms with Crippen LogP contribution in [0.15, 0.2) is 47.0 Å². The predicted octanol–water partition coefficient (Wildman–Crippen LogP) is 3.61. The molecular weight excluding hydrogens is 378 g/mol. The van der Waals surface area contributed by atoms with Gasteiger partial charge in [0.25, 0.3) is 5.91 Å². The van der Waals surface area contributed by atoms with Crippen molar-refractivity contribution in [2.24, 2.45) is 0 Å². The Morgan fingerprint density at radius 3 is 2.53 bits per heavy atom. The maximum atomic E-state index is 12.6. The van der Waals surface area contributed by atoms with Gasteiger partial charge in [0.2, 0.25) is 0 Å². The maximum Gasteiger partial charge on any atom is 0.272 e. The molecule has 1 aromatic carbocycles. The van der Waals surface area contributed by atoms with Gasteiger partial charge < -0.3 is 19.0 Å². The Labute approximate surface area is 176 Å². The largest absolute Gasteiger partial charge is 0.461 e. The first-order chi connectivity index (χ1) is 14.8. The summed E-state index contributed by atoms with van der Waals surface area (Å²) in [4.78, 5) is 21.3. The third-order valence-corrected chi connectivity index (χ3v) is 6.05. The zero-order valence-corrected chi connectivity index (χ0v) is 17.2. The number of pyridine rings is 1. The highest BCUT2D eigenvalue weighted by Gasteiger charge is 2.19. The predicted molar refractivity (Wildman–Crippen MR) is 116 cm³/mol. The molecule has 156 valence electrons. The molecule has 2 saturated heterocycles. The monoisotopic (exact) mass is 405 g/mol. The van der Waals surface area contributed by atoms with Crippen LogP contribution in [-0.2, 0) is 11.2 Å². The van der Waals surface area contributed by atoms with E-state index in [-0.39, 0.29) is 5.91 Å². The van der Waals surface area contributed by atoms with Gasteiger partial charge in [0, 0.05) is 43.2 Å². The molecule has 0 saturated carbocycles. The lowest BCUT2D eigenvalue weighted by molar-refractivity contribution is 0.0299. The number of likely N-dealkylation sites (tertiary alicyclic amines) is 1. The van der Waals surface area contributed by atoms with Gasteiger partial charge in [0.15, 0.2) is 0 Å². The Kier molecular flexibility index (Phi) is 5.51. The number of benzene rings is 1. The van der Waals surface area contributed by atoms with E-state index in [1.165, 1.54) is 25.9 Å². The highest BCUT2D eigenvalue weighted by molar-refractivity contribution is 5.93. The molecule has 5 rings (SSSR count). The molecule has 0 unspecified atom stereocenters. The molecule has 3 aromatic rings. The standard InChI is InChI=1S/C24H27N3O3/c28-24(27-11-13-29-14-12-27)22-5-3-19(17-25-22)18-4-6-23-20(15-18)16-21(30-23)7-10-26-8-1-2-9-26/h3-6,15-17H,1-2,7-14H2. The average Bonchev–Trinajstić information content (AvgIpc) is 3.47. The molecule has 0 N–H and O–H groups in total. The van der Waals surface area contributed by atoms with E-state index in [0.717, 1.165) is 40.8 Å². The average molecular weight is 405 g/mol. The van der Waals surface area contributed by atoms with Crippen LogP contribution in [0, 0.1) is 0 Å². The number of rotatable bonds is 5. The Hall–Kier alpha value is -2.70. The third-order valence-electron chi connectivity index (χ3n) is 6.05. The lowest BCUT2D eigenvalue weighted by Gasteiger charge is -2.26. The van der Waals surface area contributed by atoms with Crippen LogP contribution in [-0.4, -0.2) is 66.6 Å². The van der Waals surface area contributed by atoms with E-state index in [2.05, 4.69) is 28.1 Å². The lowest BCUT2D eigenvalue weighted by Crippen LogP contribution is -2.41. The topological polar surface area (TPSA) is 58.8 Å². The maximum absolute atomic E-state index is 12.6. The summed E-state index contributed by atoms with van der Waals surface area (Å²) in [5.41, 5.74) is 3.47. The normalized spacial score (nSPS) is 17.7. The minimum absolute atomic E-state index is 0.0298. The van der Waals surface area contributed by atoms with Gasteiger partial charge in [0.1, 0.15) is 17.0 Å². The summed E-state index contributed by atoms with van der Waals surface area (Å²) < 4.78 is 11.4. The van der Waals surface area contributed by atoms with Crippen LogP contribution >= 0.6 is 0 Å². The van der Waals surface area contributed by atoms with E-state index in [4.69, 9.17) is 9.15 Å². The number of fused-ring (bicyclic) bond motifs is 1. The van der Waals surface area contributed by atoms with Crippen molar-refractivity contribution in [1.82, 2.24) is 14.8 Å². The number of carbonyl (C=O) groups excluding carboxylic acids is 1. The van der Waals surface area contributed by atoms with Gasteiger partial charge in [-0.05, 0) is 55.8 Å². The van der Waals surface area contributed by atoms with Crippen LogP contribution < -0.4 is 0 Å². The van der Waals surface area contributed by atoms with E-state index in [9.17, 15) is 4.79 Å². The van der Waals surface area contributed by atoms with Crippen LogP contribution in [0.4, 0.5) is 0 Å². The van der Waals surface area contributed by atoms with Gasteiger partial charge in [-0.1, -0.05) is 12.1 Å². The second-order valence-corrected chi connectivity index (χ2v) is 8.10. The molecule has 0 bridgehead atoms. The molecule has 6 heteroatoms. The van der Waals surface area contributed by atoms with Crippen molar-refractivity contribution in [2.45, 2.75) is 19.3 Å². The number of hydrogen-bond acceptors (Lipinski definition) is 5. The molecule has 2 fully saturated rings. The van der Waals surface area contributed by atoms with Crippen molar-refractivity contribution < 1.29 is 13.9 Å². The Morgan fingerprint density at radius 1 is 0.967 bits per heavy atom. The first-order valence-electron chi connectivity index (χ1n) is 10.8. The van der Waals surface area contributed by atoms with Gasteiger partial charge in [-0.25, -0.2) is 0 Å². The van der Waals surface area contributed by atoms with Gasteiger partial charge in [-0.2, -0.15) is 0 Å². The van der Waals surface area contributed by atoms with E-state index in [0.29, 0.717) is 32.0 Å². The summed E-state index contributed by atoms with van der Waals surface area (Å²) in [5.74, 6) is 1.01. The first-order valence-corrected chi connectivity index (χ1v) is 10.8. The molecule has 0 atom stereocenters. The fourth-order valence-electron chi connectivity index (χ4n) is 4.30. The number of aromatic nitrogens is 1. The third kappa shape index (κ3) is 4.11. The number of carbonyl (C=O) groups is 1. The minimum Gasteiger partial charge on any atom is -0.461 e. The molecule has 6 nitrogen and oxygen atoms in total. The fourth-order valence-corrected chi connectivity index (χ4v) is 4.30. The SMILES string of the molecule is O=C(c1ccc(-c2ccc3oc(CCN4CCCC4)cc3c2)cn1)N1CCOCC1. The Morgan fingerprint density at radius 2 is 1.77 bits per heavy atom. The van der Waals surface area contributed by atoms with E-state index < -0.39 is 0 Å². The first kappa shape index (κ1) is 19.3. The van der Waals surface area contributed by atoms with E-state index in [1.807, 2.05) is 18.2 Å². The van der Waals surface area contributed by atoms with Crippen LogP contribution in [0.1, 0.15) is 29.1 Å². The summed E-state index contributed by atoms with van der Waals surface area (Å²) in [7, 11) is 0. The summed E-state index contributed by atoms with van der Waals surface area (Å²) in [5, 5.41) is 1.11. The molecular formula is C24H27N3O3. The van der Waals surface area contributed by atoms with Crippen molar-refractivity contribution >= 4 is 16.9 Å². The number of morpholine rings is 1. The highest BCUT2D eigenvalue weighted by atomic mass is 16.5. The van der Waals surface area contributed by atoms with Crippen LogP contribution in [0.2, 0.25) is 0 Å². The van der Waals surface area contributed by atoms with E-state index in [1.54, 1.807) is 11.1 Å². The molecule has 2 aliphatic heterocycles. The van der Waals surface area contributed by atoms with Gasteiger partial charge >= 0.3 is 0 Å². The molecule has 0 spiro atoms. The quantitative estimate of drug-likeness (QED) is 0.649. The van der Waals surface area contributed by atoms with Crippen LogP contribution in [0.25, 0.3) is 22.1 Å². The smallest absolute Gasteiger partial charge is 0.272 e. The summed E-state index contributed by atoms with van der Waals surface area (Å²) in [6.45, 7) is 5.92. The number of nitrogens with zero attached hydrogens (tertiary/aromatic N) is 3. The second-order valence-electron chi connectivity index (χ2n) is 8.10. The van der Waals surface area contributed by atoms with E-state index >= 15 is 0 Å². The zero-order valence-electron chi connectivity index (χ0n) is 17.2. The second kappa shape index (κ2) is 8.58. The minimum atomic E-state index is -0.0298. The lowest BCUT2D eigenvalue weighted by atomic mass is 10.1.